The predicted molar refractivity (Wildman–Crippen MR) is 74.9 cm³/mol. The van der Waals surface area contributed by atoms with Crippen LogP contribution in [0.15, 0.2) is 41.0 Å². The van der Waals surface area contributed by atoms with Gasteiger partial charge in [0.15, 0.2) is 0 Å². The third-order valence-electron chi connectivity index (χ3n) is 2.99. The standard InChI is InChI=1S/C15H17FN2O2/c1-10-5-6-12(8-13(10)16)18-15(19)9-17-11(2)14-4-3-7-20-14/h3-8,11,17H,9H2,1-2H3,(H,18,19)/t11-/m0/s1. The Balaban J connectivity index is 1.85. The van der Waals surface area contributed by atoms with Crippen molar-refractivity contribution in [1.82, 2.24) is 5.32 Å². The van der Waals surface area contributed by atoms with E-state index >= 15 is 0 Å². The molecule has 5 heteroatoms. The van der Waals surface area contributed by atoms with Crippen molar-refractivity contribution in [2.75, 3.05) is 11.9 Å². The summed E-state index contributed by atoms with van der Waals surface area (Å²) in [6, 6.07) is 8.18. The highest BCUT2D eigenvalue weighted by atomic mass is 19.1. The van der Waals surface area contributed by atoms with Crippen molar-refractivity contribution in [3.63, 3.8) is 0 Å². The normalized spacial score (nSPS) is 12.2. The van der Waals surface area contributed by atoms with Gasteiger partial charge in [0, 0.05) is 5.69 Å². The van der Waals surface area contributed by atoms with Crippen molar-refractivity contribution in [3.8, 4) is 0 Å². The SMILES string of the molecule is Cc1ccc(NC(=O)CN[C@@H](C)c2ccco2)cc1F. The Morgan fingerprint density at radius 2 is 2.20 bits per heavy atom. The van der Waals surface area contributed by atoms with E-state index in [0.29, 0.717) is 11.3 Å². The molecule has 0 unspecified atom stereocenters. The van der Waals surface area contributed by atoms with Gasteiger partial charge in [0.05, 0.1) is 18.8 Å². The number of hydrogen-bond acceptors (Lipinski definition) is 3. The van der Waals surface area contributed by atoms with Crippen LogP contribution >= 0.6 is 0 Å². The molecule has 0 saturated heterocycles. The summed E-state index contributed by atoms with van der Waals surface area (Å²) in [6.45, 7) is 3.70. The zero-order valence-corrected chi connectivity index (χ0v) is 11.4. The number of anilines is 1. The number of furan rings is 1. The van der Waals surface area contributed by atoms with Gasteiger partial charge in [0.25, 0.3) is 0 Å². The van der Waals surface area contributed by atoms with Crippen LogP contribution in [0.2, 0.25) is 0 Å². The summed E-state index contributed by atoms with van der Waals surface area (Å²) in [5.74, 6) is 0.200. The lowest BCUT2D eigenvalue weighted by molar-refractivity contribution is -0.115. The van der Waals surface area contributed by atoms with Crippen molar-refractivity contribution in [1.29, 1.82) is 0 Å². The fraction of sp³-hybridized carbons (Fsp3) is 0.267. The van der Waals surface area contributed by atoms with E-state index in [2.05, 4.69) is 10.6 Å². The smallest absolute Gasteiger partial charge is 0.238 e. The summed E-state index contributed by atoms with van der Waals surface area (Å²) in [6.07, 6.45) is 1.59. The molecule has 0 aliphatic heterocycles. The number of aryl methyl sites for hydroxylation is 1. The van der Waals surface area contributed by atoms with Crippen molar-refractivity contribution < 1.29 is 13.6 Å². The molecule has 0 spiro atoms. The molecule has 2 N–H and O–H groups in total. The fourth-order valence-electron chi connectivity index (χ4n) is 1.76. The van der Waals surface area contributed by atoms with Crippen molar-refractivity contribution >= 4 is 11.6 Å². The van der Waals surface area contributed by atoms with Gasteiger partial charge in [-0.25, -0.2) is 4.39 Å². The lowest BCUT2D eigenvalue weighted by Gasteiger charge is -2.11. The number of benzene rings is 1. The second kappa shape index (κ2) is 6.34. The van der Waals surface area contributed by atoms with Crippen LogP contribution in [-0.4, -0.2) is 12.5 Å². The summed E-state index contributed by atoms with van der Waals surface area (Å²) >= 11 is 0. The minimum Gasteiger partial charge on any atom is -0.468 e. The summed E-state index contributed by atoms with van der Waals surface area (Å²) in [4.78, 5) is 11.8. The molecule has 2 aromatic rings. The van der Waals surface area contributed by atoms with Crippen LogP contribution in [-0.2, 0) is 4.79 Å². The monoisotopic (exact) mass is 276 g/mol. The molecule has 0 bridgehead atoms. The highest BCUT2D eigenvalue weighted by Gasteiger charge is 2.10. The van der Waals surface area contributed by atoms with Crippen LogP contribution in [0.1, 0.15) is 24.3 Å². The summed E-state index contributed by atoms with van der Waals surface area (Å²) < 4.78 is 18.6. The van der Waals surface area contributed by atoms with Crippen LogP contribution in [0, 0.1) is 12.7 Å². The molecule has 1 aromatic heterocycles. The molecule has 1 amide bonds. The number of amides is 1. The van der Waals surface area contributed by atoms with Crippen LogP contribution in [0.3, 0.4) is 0 Å². The van der Waals surface area contributed by atoms with E-state index in [-0.39, 0.29) is 24.3 Å². The molecule has 0 aliphatic rings. The molecule has 0 radical (unpaired) electrons. The van der Waals surface area contributed by atoms with Gasteiger partial charge in [0.1, 0.15) is 11.6 Å². The van der Waals surface area contributed by atoms with Gasteiger partial charge < -0.3 is 9.73 Å². The summed E-state index contributed by atoms with van der Waals surface area (Å²) in [5, 5.41) is 5.67. The maximum Gasteiger partial charge on any atom is 0.238 e. The van der Waals surface area contributed by atoms with E-state index in [1.807, 2.05) is 13.0 Å². The first-order valence-corrected chi connectivity index (χ1v) is 6.39. The molecule has 1 atom stereocenters. The van der Waals surface area contributed by atoms with E-state index in [9.17, 15) is 9.18 Å². The zero-order chi connectivity index (χ0) is 14.5. The van der Waals surface area contributed by atoms with Gasteiger partial charge in [-0.15, -0.1) is 0 Å². The molecular weight excluding hydrogens is 259 g/mol. The number of carbonyl (C=O) groups excluding carboxylic acids is 1. The second-order valence-electron chi connectivity index (χ2n) is 4.63. The van der Waals surface area contributed by atoms with Crippen LogP contribution < -0.4 is 10.6 Å². The molecule has 4 nitrogen and oxygen atoms in total. The number of hydrogen-bond donors (Lipinski definition) is 2. The Morgan fingerprint density at radius 3 is 2.85 bits per heavy atom. The van der Waals surface area contributed by atoms with Crippen molar-refractivity contribution in [3.05, 3.63) is 53.7 Å². The van der Waals surface area contributed by atoms with Gasteiger partial charge >= 0.3 is 0 Å². The van der Waals surface area contributed by atoms with E-state index in [1.165, 1.54) is 6.07 Å². The number of rotatable bonds is 5. The van der Waals surface area contributed by atoms with Gasteiger partial charge in [0.2, 0.25) is 5.91 Å². The fourth-order valence-corrected chi connectivity index (χ4v) is 1.76. The number of nitrogens with one attached hydrogen (secondary N) is 2. The zero-order valence-electron chi connectivity index (χ0n) is 11.4. The average Bonchev–Trinajstić information content (AvgIpc) is 2.94. The largest absolute Gasteiger partial charge is 0.468 e. The Labute approximate surface area is 117 Å². The van der Waals surface area contributed by atoms with Crippen molar-refractivity contribution in [2.24, 2.45) is 0 Å². The third-order valence-corrected chi connectivity index (χ3v) is 2.99. The van der Waals surface area contributed by atoms with Crippen molar-refractivity contribution in [2.45, 2.75) is 19.9 Å². The molecule has 2 rings (SSSR count). The van der Waals surface area contributed by atoms with Gasteiger partial charge in [-0.3, -0.25) is 10.1 Å². The molecule has 0 aliphatic carbocycles. The minimum absolute atomic E-state index is 0.0643. The highest BCUT2D eigenvalue weighted by Crippen LogP contribution is 2.14. The maximum atomic E-state index is 13.4. The van der Waals surface area contributed by atoms with E-state index in [1.54, 1.807) is 31.4 Å². The first kappa shape index (κ1) is 14.3. The summed E-state index contributed by atoms with van der Waals surface area (Å²) in [5.41, 5.74) is 0.998. The third kappa shape index (κ3) is 3.68. The van der Waals surface area contributed by atoms with E-state index < -0.39 is 0 Å². The predicted octanol–water partition coefficient (Wildman–Crippen LogP) is 3.02. The molecule has 1 aromatic carbocycles. The molecular formula is C15H17FN2O2. The molecule has 106 valence electrons. The average molecular weight is 276 g/mol. The van der Waals surface area contributed by atoms with Crippen LogP contribution in [0.25, 0.3) is 0 Å². The Kier molecular flexibility index (Phi) is 4.53. The van der Waals surface area contributed by atoms with Crippen LogP contribution in [0.5, 0.6) is 0 Å². The maximum absolute atomic E-state index is 13.4. The lowest BCUT2D eigenvalue weighted by Crippen LogP contribution is -2.30. The molecule has 0 fully saturated rings. The van der Waals surface area contributed by atoms with E-state index in [0.717, 1.165) is 5.76 Å². The van der Waals surface area contributed by atoms with Gasteiger partial charge in [-0.1, -0.05) is 6.07 Å². The number of halogens is 1. The quantitative estimate of drug-likeness (QED) is 0.882. The molecule has 20 heavy (non-hydrogen) atoms. The first-order chi connectivity index (χ1) is 9.56. The van der Waals surface area contributed by atoms with Crippen LogP contribution in [0.4, 0.5) is 10.1 Å². The first-order valence-electron chi connectivity index (χ1n) is 6.39. The molecule has 0 saturated carbocycles. The summed E-state index contributed by atoms with van der Waals surface area (Å²) in [7, 11) is 0. The lowest BCUT2D eigenvalue weighted by atomic mass is 10.2. The molecule has 1 heterocycles. The highest BCUT2D eigenvalue weighted by molar-refractivity contribution is 5.92. The Morgan fingerprint density at radius 1 is 1.40 bits per heavy atom. The topological polar surface area (TPSA) is 54.3 Å². The van der Waals surface area contributed by atoms with E-state index in [4.69, 9.17) is 4.42 Å². The minimum atomic E-state index is -0.334. The second-order valence-corrected chi connectivity index (χ2v) is 4.63. The van der Waals surface area contributed by atoms with Gasteiger partial charge in [-0.2, -0.15) is 0 Å². The Hall–Kier alpha value is -2.14. The van der Waals surface area contributed by atoms with Gasteiger partial charge in [-0.05, 0) is 43.7 Å². The number of carbonyl (C=O) groups is 1. The Bertz CT molecular complexity index is 582.